The third-order valence-corrected chi connectivity index (χ3v) is 4.96. The van der Waals surface area contributed by atoms with E-state index in [4.69, 9.17) is 5.73 Å². The van der Waals surface area contributed by atoms with Gasteiger partial charge in [0, 0.05) is 28.1 Å². The summed E-state index contributed by atoms with van der Waals surface area (Å²) in [6.07, 6.45) is 1.15. The van der Waals surface area contributed by atoms with Crippen molar-refractivity contribution in [3.05, 3.63) is 50.6 Å². The predicted molar refractivity (Wildman–Crippen MR) is 87.3 cm³/mol. The Morgan fingerprint density at radius 3 is 2.63 bits per heavy atom. The third-order valence-electron chi connectivity index (χ3n) is 3.05. The maximum absolute atomic E-state index is 6.03. The Bertz CT molecular complexity index is 524. The van der Waals surface area contributed by atoms with Crippen molar-refractivity contribution < 1.29 is 0 Å². The fraction of sp³-hybridized carbons (Fsp3) is 0.333. The molecule has 2 N–H and O–H groups in total. The van der Waals surface area contributed by atoms with Crippen LogP contribution in [-0.4, -0.2) is 11.4 Å². The van der Waals surface area contributed by atoms with Gasteiger partial charge in [0.15, 0.2) is 0 Å². The van der Waals surface area contributed by atoms with Crippen molar-refractivity contribution in [1.29, 1.82) is 0 Å². The molecule has 0 fully saturated rings. The number of nitrogen functional groups attached to an aromatic ring is 1. The lowest BCUT2D eigenvalue weighted by molar-refractivity contribution is 0.259. The standard InChI is InChI=1S/C15H19BrN2S/c1-2-8-18(11-15-13(16)7-9-19-15)10-12-5-3-4-6-14(12)17/h3-7,9H,2,8,10-11,17H2,1H3. The molecule has 102 valence electrons. The van der Waals surface area contributed by atoms with Gasteiger partial charge >= 0.3 is 0 Å². The lowest BCUT2D eigenvalue weighted by atomic mass is 10.1. The zero-order valence-corrected chi connectivity index (χ0v) is 13.5. The van der Waals surface area contributed by atoms with Gasteiger partial charge in [-0.3, -0.25) is 4.90 Å². The second-order valence-electron chi connectivity index (χ2n) is 4.60. The molecule has 0 atom stereocenters. The van der Waals surface area contributed by atoms with Gasteiger partial charge in [-0.15, -0.1) is 11.3 Å². The molecule has 0 saturated heterocycles. The Hall–Kier alpha value is -0.840. The molecular formula is C15H19BrN2S. The van der Waals surface area contributed by atoms with Crippen molar-refractivity contribution >= 4 is 33.0 Å². The predicted octanol–water partition coefficient (Wildman–Crippen LogP) is 4.51. The minimum Gasteiger partial charge on any atom is -0.398 e. The number of hydrogen-bond donors (Lipinski definition) is 1. The summed E-state index contributed by atoms with van der Waals surface area (Å²) >= 11 is 5.40. The van der Waals surface area contributed by atoms with E-state index in [1.165, 1.54) is 14.9 Å². The molecule has 0 spiro atoms. The lowest BCUT2D eigenvalue weighted by Gasteiger charge is -2.22. The summed E-state index contributed by atoms with van der Waals surface area (Å²) in [6, 6.07) is 10.2. The Kier molecular flexibility index (Phi) is 5.43. The molecule has 19 heavy (non-hydrogen) atoms. The van der Waals surface area contributed by atoms with Gasteiger partial charge < -0.3 is 5.73 Å². The van der Waals surface area contributed by atoms with Crippen molar-refractivity contribution in [3.63, 3.8) is 0 Å². The molecule has 0 aliphatic rings. The van der Waals surface area contributed by atoms with Crippen molar-refractivity contribution in [2.45, 2.75) is 26.4 Å². The van der Waals surface area contributed by atoms with Crippen molar-refractivity contribution in [2.75, 3.05) is 12.3 Å². The molecule has 0 aliphatic heterocycles. The zero-order valence-electron chi connectivity index (χ0n) is 11.1. The summed E-state index contributed by atoms with van der Waals surface area (Å²) < 4.78 is 1.21. The zero-order chi connectivity index (χ0) is 13.7. The van der Waals surface area contributed by atoms with Crippen molar-refractivity contribution in [1.82, 2.24) is 4.90 Å². The largest absolute Gasteiger partial charge is 0.398 e. The average molecular weight is 339 g/mol. The highest BCUT2D eigenvalue weighted by molar-refractivity contribution is 9.10. The van der Waals surface area contributed by atoms with E-state index in [2.05, 4.69) is 51.3 Å². The Balaban J connectivity index is 2.08. The van der Waals surface area contributed by atoms with E-state index in [0.29, 0.717) is 0 Å². The second kappa shape index (κ2) is 7.08. The van der Waals surface area contributed by atoms with Crippen LogP contribution in [0.15, 0.2) is 40.2 Å². The molecule has 1 aromatic carbocycles. The van der Waals surface area contributed by atoms with Crippen LogP contribution in [0.3, 0.4) is 0 Å². The summed E-state index contributed by atoms with van der Waals surface area (Å²) in [6.45, 7) is 5.18. The van der Waals surface area contributed by atoms with Gasteiger partial charge in [-0.2, -0.15) is 0 Å². The van der Waals surface area contributed by atoms with E-state index < -0.39 is 0 Å². The number of halogens is 1. The second-order valence-corrected chi connectivity index (χ2v) is 6.46. The van der Waals surface area contributed by atoms with Crippen molar-refractivity contribution in [3.8, 4) is 0 Å². The van der Waals surface area contributed by atoms with Crippen molar-refractivity contribution in [2.24, 2.45) is 0 Å². The van der Waals surface area contributed by atoms with Crippen LogP contribution >= 0.6 is 27.3 Å². The fourth-order valence-corrected chi connectivity index (χ4v) is 3.61. The molecule has 0 saturated carbocycles. The first-order valence-corrected chi connectivity index (χ1v) is 8.15. The highest BCUT2D eigenvalue weighted by atomic mass is 79.9. The highest BCUT2D eigenvalue weighted by Gasteiger charge is 2.10. The fourth-order valence-electron chi connectivity index (χ4n) is 2.09. The normalized spacial score (nSPS) is 11.1. The van der Waals surface area contributed by atoms with E-state index in [1.54, 1.807) is 11.3 Å². The summed E-state index contributed by atoms with van der Waals surface area (Å²) in [5, 5.41) is 2.13. The first kappa shape index (κ1) is 14.6. The molecular weight excluding hydrogens is 320 g/mol. The molecule has 1 aromatic heterocycles. The minimum atomic E-state index is 0.883. The molecule has 0 radical (unpaired) electrons. The highest BCUT2D eigenvalue weighted by Crippen LogP contribution is 2.25. The average Bonchev–Trinajstić information content (AvgIpc) is 2.78. The van der Waals surface area contributed by atoms with Crippen LogP contribution in [-0.2, 0) is 13.1 Å². The van der Waals surface area contributed by atoms with Crippen LogP contribution < -0.4 is 5.73 Å². The van der Waals surface area contributed by atoms with E-state index in [9.17, 15) is 0 Å². The number of para-hydroxylation sites is 1. The maximum atomic E-state index is 6.03. The maximum Gasteiger partial charge on any atom is 0.0359 e. The van der Waals surface area contributed by atoms with Gasteiger partial charge in [0.25, 0.3) is 0 Å². The van der Waals surface area contributed by atoms with E-state index in [1.807, 2.05) is 12.1 Å². The minimum absolute atomic E-state index is 0.883. The monoisotopic (exact) mass is 338 g/mol. The van der Waals surface area contributed by atoms with Gasteiger partial charge in [-0.1, -0.05) is 25.1 Å². The van der Waals surface area contributed by atoms with Crippen LogP contribution in [0.1, 0.15) is 23.8 Å². The summed E-state index contributed by atoms with van der Waals surface area (Å²) in [5.41, 5.74) is 8.13. The van der Waals surface area contributed by atoms with E-state index in [-0.39, 0.29) is 0 Å². The van der Waals surface area contributed by atoms with Crippen LogP contribution in [0, 0.1) is 0 Å². The molecule has 2 nitrogen and oxygen atoms in total. The Morgan fingerprint density at radius 1 is 1.21 bits per heavy atom. The molecule has 0 amide bonds. The number of nitrogens with two attached hydrogens (primary N) is 1. The number of benzene rings is 1. The molecule has 0 aliphatic carbocycles. The number of anilines is 1. The van der Waals surface area contributed by atoms with Crippen LogP contribution in [0.2, 0.25) is 0 Å². The number of hydrogen-bond acceptors (Lipinski definition) is 3. The van der Waals surface area contributed by atoms with Crippen LogP contribution in [0.4, 0.5) is 5.69 Å². The van der Waals surface area contributed by atoms with Crippen LogP contribution in [0.25, 0.3) is 0 Å². The topological polar surface area (TPSA) is 29.3 Å². The Labute approximate surface area is 127 Å². The molecule has 1 heterocycles. The quantitative estimate of drug-likeness (QED) is 0.785. The van der Waals surface area contributed by atoms with Gasteiger partial charge in [-0.25, -0.2) is 0 Å². The van der Waals surface area contributed by atoms with E-state index in [0.717, 1.165) is 31.7 Å². The number of rotatable bonds is 6. The molecule has 0 unspecified atom stereocenters. The molecule has 0 bridgehead atoms. The Morgan fingerprint density at radius 2 is 2.00 bits per heavy atom. The van der Waals surface area contributed by atoms with Crippen LogP contribution in [0.5, 0.6) is 0 Å². The van der Waals surface area contributed by atoms with Gasteiger partial charge in [0.1, 0.15) is 0 Å². The lowest BCUT2D eigenvalue weighted by Crippen LogP contribution is -2.23. The third kappa shape index (κ3) is 4.06. The molecule has 2 aromatic rings. The summed E-state index contributed by atoms with van der Waals surface area (Å²) in [5.74, 6) is 0. The van der Waals surface area contributed by atoms with Gasteiger partial charge in [0.2, 0.25) is 0 Å². The molecule has 4 heteroatoms. The first-order chi connectivity index (χ1) is 9.20. The summed E-state index contributed by atoms with van der Waals surface area (Å²) in [7, 11) is 0. The number of nitrogens with zero attached hydrogens (tertiary/aromatic N) is 1. The summed E-state index contributed by atoms with van der Waals surface area (Å²) in [4.78, 5) is 3.82. The first-order valence-electron chi connectivity index (χ1n) is 6.48. The van der Waals surface area contributed by atoms with Gasteiger partial charge in [-0.05, 0) is 52.0 Å². The molecule has 2 rings (SSSR count). The van der Waals surface area contributed by atoms with Gasteiger partial charge in [0.05, 0.1) is 0 Å². The smallest absolute Gasteiger partial charge is 0.0359 e. The SMILES string of the molecule is CCCN(Cc1ccccc1N)Cc1sccc1Br. The van der Waals surface area contributed by atoms with E-state index >= 15 is 0 Å². The number of thiophene rings is 1.